The van der Waals surface area contributed by atoms with Gasteiger partial charge in [-0.25, -0.2) is 4.79 Å². The topological polar surface area (TPSA) is 62.1 Å². The number of carbonyl (C=O) groups is 1. The van der Waals surface area contributed by atoms with Crippen LogP contribution in [0.3, 0.4) is 0 Å². The van der Waals surface area contributed by atoms with Crippen LogP contribution in [0.25, 0.3) is 0 Å². The first-order valence-corrected chi connectivity index (χ1v) is 5.59. The van der Waals surface area contributed by atoms with Gasteiger partial charge in [0, 0.05) is 12.1 Å². The molecule has 2 N–H and O–H groups in total. The second kappa shape index (κ2) is 4.84. The summed E-state index contributed by atoms with van der Waals surface area (Å²) in [6.07, 6.45) is 3.57. The molecular formula is C11H21N2O2. The van der Waals surface area contributed by atoms with Crippen molar-refractivity contribution in [2.45, 2.75) is 64.1 Å². The summed E-state index contributed by atoms with van der Waals surface area (Å²) in [7, 11) is 0. The van der Waals surface area contributed by atoms with Crippen molar-refractivity contribution in [1.82, 2.24) is 11.1 Å². The van der Waals surface area contributed by atoms with E-state index in [2.05, 4.69) is 5.32 Å². The van der Waals surface area contributed by atoms with Crippen molar-refractivity contribution in [2.75, 3.05) is 0 Å². The van der Waals surface area contributed by atoms with Crippen LogP contribution in [0.5, 0.6) is 0 Å². The molecule has 0 spiro atoms. The van der Waals surface area contributed by atoms with Gasteiger partial charge in [-0.3, -0.25) is 5.73 Å². The molecule has 1 aliphatic rings. The molecule has 1 rings (SSSR count). The Labute approximate surface area is 91.5 Å². The van der Waals surface area contributed by atoms with Crippen LogP contribution in [-0.2, 0) is 4.74 Å². The summed E-state index contributed by atoms with van der Waals surface area (Å²) in [6.45, 7) is 5.52. The van der Waals surface area contributed by atoms with Crippen molar-refractivity contribution in [1.29, 1.82) is 0 Å². The van der Waals surface area contributed by atoms with Gasteiger partial charge in [0.15, 0.2) is 0 Å². The van der Waals surface area contributed by atoms with Gasteiger partial charge in [-0.15, -0.1) is 0 Å². The lowest BCUT2D eigenvalue weighted by Gasteiger charge is -2.29. The molecule has 4 heteroatoms. The third-order valence-electron chi connectivity index (χ3n) is 2.47. The Bertz CT molecular complexity index is 223. The molecule has 2 atom stereocenters. The predicted molar refractivity (Wildman–Crippen MR) is 58.5 cm³/mol. The van der Waals surface area contributed by atoms with Crippen LogP contribution < -0.4 is 11.1 Å². The van der Waals surface area contributed by atoms with Crippen molar-refractivity contribution in [3.05, 3.63) is 0 Å². The van der Waals surface area contributed by atoms with Crippen LogP contribution >= 0.6 is 0 Å². The van der Waals surface area contributed by atoms with E-state index in [9.17, 15) is 4.79 Å². The van der Waals surface area contributed by atoms with Gasteiger partial charge >= 0.3 is 6.09 Å². The summed E-state index contributed by atoms with van der Waals surface area (Å²) in [5.74, 6) is 0. The minimum Gasteiger partial charge on any atom is -0.444 e. The van der Waals surface area contributed by atoms with E-state index >= 15 is 0 Å². The fourth-order valence-corrected chi connectivity index (χ4v) is 1.76. The number of hydrogen-bond donors (Lipinski definition) is 1. The molecule has 4 nitrogen and oxygen atoms in total. The van der Waals surface area contributed by atoms with Crippen molar-refractivity contribution < 1.29 is 9.53 Å². The molecule has 87 valence electrons. The average Bonchev–Trinajstić information content (AvgIpc) is 2.05. The summed E-state index contributed by atoms with van der Waals surface area (Å²) in [4.78, 5) is 11.5. The normalized spacial score (nSPS) is 27.2. The van der Waals surface area contributed by atoms with E-state index < -0.39 is 11.7 Å². The second-order valence-corrected chi connectivity index (χ2v) is 5.14. The quantitative estimate of drug-likeness (QED) is 0.725. The minimum atomic E-state index is -0.462. The van der Waals surface area contributed by atoms with E-state index in [1.807, 2.05) is 20.8 Å². The third kappa shape index (κ3) is 4.51. The van der Waals surface area contributed by atoms with E-state index in [4.69, 9.17) is 10.5 Å². The molecule has 0 bridgehead atoms. The fourth-order valence-electron chi connectivity index (χ4n) is 1.76. The molecule has 0 aromatic carbocycles. The van der Waals surface area contributed by atoms with Crippen LogP contribution in [0.2, 0.25) is 0 Å². The highest BCUT2D eigenvalue weighted by Gasteiger charge is 2.26. The molecule has 0 unspecified atom stereocenters. The molecule has 0 aliphatic heterocycles. The van der Waals surface area contributed by atoms with E-state index in [1.54, 1.807) is 0 Å². The Hall–Kier alpha value is -0.770. The monoisotopic (exact) mass is 213 g/mol. The number of alkyl carbamates (subject to hydrolysis) is 1. The Kier molecular flexibility index (Phi) is 3.97. The number of hydrogen-bond acceptors (Lipinski definition) is 2. The summed E-state index contributed by atoms with van der Waals surface area (Å²) in [5.41, 5.74) is 7.32. The van der Waals surface area contributed by atoms with Crippen LogP contribution in [0.15, 0.2) is 0 Å². The Morgan fingerprint density at radius 1 is 1.33 bits per heavy atom. The van der Waals surface area contributed by atoms with Gasteiger partial charge in [0.1, 0.15) is 5.60 Å². The maximum absolute atomic E-state index is 11.5. The Morgan fingerprint density at radius 3 is 2.47 bits per heavy atom. The summed E-state index contributed by atoms with van der Waals surface area (Å²) in [6, 6.07) is -0.208. The van der Waals surface area contributed by atoms with Crippen molar-refractivity contribution >= 4 is 6.09 Å². The first kappa shape index (κ1) is 12.3. The van der Waals surface area contributed by atoms with Gasteiger partial charge in [0.25, 0.3) is 0 Å². The first-order chi connectivity index (χ1) is 6.88. The second-order valence-electron chi connectivity index (χ2n) is 5.14. The molecule has 1 aliphatic carbocycles. The maximum atomic E-state index is 11.5. The zero-order valence-electron chi connectivity index (χ0n) is 9.80. The van der Waals surface area contributed by atoms with Gasteiger partial charge in [-0.2, -0.15) is 0 Å². The van der Waals surface area contributed by atoms with Gasteiger partial charge in [0.2, 0.25) is 0 Å². The van der Waals surface area contributed by atoms with Crippen molar-refractivity contribution in [2.24, 2.45) is 0 Å². The number of ether oxygens (including phenoxy) is 1. The van der Waals surface area contributed by atoms with Gasteiger partial charge in [-0.1, -0.05) is 12.8 Å². The molecule has 1 radical (unpaired) electrons. The molecule has 1 saturated carbocycles. The fraction of sp³-hybridized carbons (Fsp3) is 0.909. The van der Waals surface area contributed by atoms with Crippen LogP contribution in [0, 0.1) is 0 Å². The highest BCUT2D eigenvalue weighted by Crippen LogP contribution is 2.18. The lowest BCUT2D eigenvalue weighted by Crippen LogP contribution is -2.47. The predicted octanol–water partition coefficient (Wildman–Crippen LogP) is 2.11. The van der Waals surface area contributed by atoms with Gasteiger partial charge in [-0.05, 0) is 33.6 Å². The number of nitrogens with one attached hydrogen (secondary N) is 2. The molecule has 0 aromatic heterocycles. The number of carbonyl (C=O) groups excluding carboxylic acids is 1. The SMILES string of the molecule is CC(C)(C)OC(=O)N[C@H]1CCCC[C@H]1[NH]. The first-order valence-electron chi connectivity index (χ1n) is 5.59. The zero-order valence-corrected chi connectivity index (χ0v) is 9.80. The maximum Gasteiger partial charge on any atom is 0.407 e. The highest BCUT2D eigenvalue weighted by atomic mass is 16.6. The van der Waals surface area contributed by atoms with E-state index in [-0.39, 0.29) is 12.1 Å². The number of amides is 1. The standard InChI is InChI=1S/C11H21N2O2/c1-11(2,3)15-10(14)13-9-7-5-4-6-8(9)12/h8-9,12H,4-7H2,1-3H3,(H,13,14)/t8-,9+/m1/s1. The van der Waals surface area contributed by atoms with Crippen LogP contribution in [-0.4, -0.2) is 23.8 Å². The molecule has 1 fully saturated rings. The molecule has 0 aromatic rings. The smallest absolute Gasteiger partial charge is 0.407 e. The van der Waals surface area contributed by atoms with Crippen molar-refractivity contribution in [3.8, 4) is 0 Å². The van der Waals surface area contributed by atoms with Crippen LogP contribution in [0.1, 0.15) is 46.5 Å². The van der Waals surface area contributed by atoms with Gasteiger partial charge in [0.05, 0.1) is 0 Å². The van der Waals surface area contributed by atoms with Crippen LogP contribution in [0.4, 0.5) is 4.79 Å². The summed E-state index contributed by atoms with van der Waals surface area (Å²) >= 11 is 0. The molecule has 0 heterocycles. The average molecular weight is 213 g/mol. The summed E-state index contributed by atoms with van der Waals surface area (Å²) in [5, 5.41) is 2.78. The lowest BCUT2D eigenvalue weighted by molar-refractivity contribution is 0.0484. The highest BCUT2D eigenvalue weighted by molar-refractivity contribution is 5.68. The Balaban J connectivity index is 2.36. The minimum absolute atomic E-state index is 0.0337. The molecule has 15 heavy (non-hydrogen) atoms. The van der Waals surface area contributed by atoms with E-state index in [1.165, 1.54) is 0 Å². The molecule has 0 saturated heterocycles. The third-order valence-corrected chi connectivity index (χ3v) is 2.47. The van der Waals surface area contributed by atoms with E-state index in [0.717, 1.165) is 25.7 Å². The van der Waals surface area contributed by atoms with Gasteiger partial charge < -0.3 is 10.1 Å². The van der Waals surface area contributed by atoms with Crippen molar-refractivity contribution in [3.63, 3.8) is 0 Å². The summed E-state index contributed by atoms with van der Waals surface area (Å²) < 4.78 is 5.16. The van der Waals surface area contributed by atoms with E-state index in [0.29, 0.717) is 0 Å². The lowest BCUT2D eigenvalue weighted by atomic mass is 9.91. The molecular weight excluding hydrogens is 192 g/mol. The molecule has 1 amide bonds. The Morgan fingerprint density at radius 2 is 1.93 bits per heavy atom. The number of rotatable bonds is 1. The zero-order chi connectivity index (χ0) is 11.5. The largest absolute Gasteiger partial charge is 0.444 e.